The number of ether oxygens (including phenoxy) is 1. The van der Waals surface area contributed by atoms with E-state index in [1.165, 1.54) is 18.2 Å². The van der Waals surface area contributed by atoms with Crippen molar-refractivity contribution in [2.24, 2.45) is 0 Å². The molecule has 21 heavy (non-hydrogen) atoms. The second-order valence-electron chi connectivity index (χ2n) is 3.88. The zero-order valence-corrected chi connectivity index (χ0v) is 14.4. The second kappa shape index (κ2) is 8.21. The van der Waals surface area contributed by atoms with Crippen LogP contribution in [0.25, 0.3) is 0 Å². The molecule has 100 valence electrons. The average molecular weight is 308 g/mol. The van der Waals surface area contributed by atoms with Crippen LogP contribution in [0.15, 0.2) is 54.6 Å². The van der Waals surface area contributed by atoms with Gasteiger partial charge in [-0.25, -0.2) is 0 Å². The van der Waals surface area contributed by atoms with Gasteiger partial charge in [-0.3, -0.25) is 9.59 Å². The van der Waals surface area contributed by atoms with E-state index in [0.717, 1.165) is 0 Å². The summed E-state index contributed by atoms with van der Waals surface area (Å²) in [7, 11) is 0. The number of carbonyl (C=O) groups is 3. The first-order chi connectivity index (χ1) is 9.59. The quantitative estimate of drug-likeness (QED) is 0.296. The van der Waals surface area contributed by atoms with Gasteiger partial charge in [0.15, 0.2) is 5.78 Å². The molecule has 0 atom stereocenters. The summed E-state index contributed by atoms with van der Waals surface area (Å²) in [5.74, 6) is -1.53. The van der Waals surface area contributed by atoms with Gasteiger partial charge in [0, 0.05) is 11.1 Å². The van der Waals surface area contributed by atoms with Crippen LogP contribution in [-0.4, -0.2) is 17.9 Å². The van der Waals surface area contributed by atoms with Crippen LogP contribution in [0.4, 0.5) is 4.79 Å². The first-order valence-corrected chi connectivity index (χ1v) is 5.71. The van der Waals surface area contributed by atoms with Gasteiger partial charge in [-0.15, -0.1) is 0 Å². The standard InChI is InChI=1S/C15H10O5.K/c16-13(10-6-2-1-3-7-10)11-8-4-5-9-12(11)14(17)20-15(18)19;/h1-9H,(H,18,19);/q;+1/p-1. The summed E-state index contributed by atoms with van der Waals surface area (Å²) in [4.78, 5) is 34.2. The predicted molar refractivity (Wildman–Crippen MR) is 67.1 cm³/mol. The van der Waals surface area contributed by atoms with E-state index in [2.05, 4.69) is 4.74 Å². The minimum atomic E-state index is -1.96. The molecule has 2 aromatic rings. The fraction of sp³-hybridized carbons (Fsp3) is 0. The third kappa shape index (κ3) is 4.59. The molecule has 2 rings (SSSR count). The third-order valence-corrected chi connectivity index (χ3v) is 2.60. The summed E-state index contributed by atoms with van der Waals surface area (Å²) >= 11 is 0. The van der Waals surface area contributed by atoms with Crippen molar-refractivity contribution in [2.75, 3.05) is 0 Å². The Hall–Kier alpha value is -1.31. The number of benzene rings is 2. The van der Waals surface area contributed by atoms with Gasteiger partial charge in [-0.2, -0.15) is 0 Å². The minimum Gasteiger partial charge on any atom is -0.480 e. The van der Waals surface area contributed by atoms with E-state index in [0.29, 0.717) is 5.56 Å². The van der Waals surface area contributed by atoms with Crippen LogP contribution in [0.1, 0.15) is 26.3 Å². The minimum absolute atomic E-state index is 0. The molecule has 0 aromatic heterocycles. The Labute approximate surface area is 163 Å². The van der Waals surface area contributed by atoms with E-state index in [9.17, 15) is 19.5 Å². The molecule has 0 radical (unpaired) electrons. The van der Waals surface area contributed by atoms with E-state index in [1.54, 1.807) is 36.4 Å². The van der Waals surface area contributed by atoms with Crippen LogP contribution in [0.3, 0.4) is 0 Å². The van der Waals surface area contributed by atoms with Gasteiger partial charge in [0.1, 0.15) is 0 Å². The Morgan fingerprint density at radius 1 is 0.810 bits per heavy atom. The number of ketones is 1. The van der Waals surface area contributed by atoms with E-state index >= 15 is 0 Å². The van der Waals surface area contributed by atoms with Crippen molar-refractivity contribution in [2.45, 2.75) is 0 Å². The fourth-order valence-corrected chi connectivity index (χ4v) is 1.73. The molecule has 0 saturated heterocycles. The molecule has 5 nitrogen and oxygen atoms in total. The molecule has 0 N–H and O–H groups in total. The molecule has 0 aliphatic carbocycles. The molecule has 0 spiro atoms. The van der Waals surface area contributed by atoms with Gasteiger partial charge in [-0.05, 0) is 6.07 Å². The third-order valence-electron chi connectivity index (χ3n) is 2.60. The van der Waals surface area contributed by atoms with E-state index in [4.69, 9.17) is 0 Å². The van der Waals surface area contributed by atoms with Gasteiger partial charge in [0.2, 0.25) is 0 Å². The first-order valence-electron chi connectivity index (χ1n) is 5.71. The molecule has 0 unspecified atom stereocenters. The summed E-state index contributed by atoms with van der Waals surface area (Å²) < 4.78 is 3.98. The van der Waals surface area contributed by atoms with Crippen molar-refractivity contribution in [3.05, 3.63) is 71.3 Å². The van der Waals surface area contributed by atoms with Gasteiger partial charge in [-0.1, -0.05) is 48.5 Å². The molecule has 0 heterocycles. The number of carboxylic acid groups (broad SMARTS) is 1. The molecule has 2 aromatic carbocycles. The van der Waals surface area contributed by atoms with Crippen molar-refractivity contribution < 1.29 is 75.6 Å². The topological polar surface area (TPSA) is 83.5 Å². The van der Waals surface area contributed by atoms with Crippen molar-refractivity contribution in [3.63, 3.8) is 0 Å². The summed E-state index contributed by atoms with van der Waals surface area (Å²) in [6.07, 6.45) is -1.96. The maximum atomic E-state index is 12.3. The van der Waals surface area contributed by atoms with Crippen LogP contribution >= 0.6 is 0 Å². The van der Waals surface area contributed by atoms with Crippen molar-refractivity contribution in [1.29, 1.82) is 0 Å². The Morgan fingerprint density at radius 3 is 1.90 bits per heavy atom. The smallest absolute Gasteiger partial charge is 0.480 e. The number of carbonyl (C=O) groups excluding carboxylic acids is 3. The SMILES string of the molecule is O=C([O-])OC(=O)c1ccccc1C(=O)c1ccccc1.[K+]. The molecular weight excluding hydrogens is 299 g/mol. The van der Waals surface area contributed by atoms with Crippen LogP contribution in [0.2, 0.25) is 0 Å². The zero-order chi connectivity index (χ0) is 14.5. The summed E-state index contributed by atoms with van der Waals surface area (Å²) in [6, 6.07) is 14.2. The van der Waals surface area contributed by atoms with Crippen LogP contribution in [0.5, 0.6) is 0 Å². The molecule has 0 saturated carbocycles. The Morgan fingerprint density at radius 2 is 1.33 bits per heavy atom. The number of hydrogen-bond acceptors (Lipinski definition) is 5. The number of esters is 1. The fourth-order valence-electron chi connectivity index (χ4n) is 1.73. The summed E-state index contributed by atoms with van der Waals surface area (Å²) in [6.45, 7) is 0. The molecule has 0 fully saturated rings. The summed E-state index contributed by atoms with van der Waals surface area (Å²) in [5.41, 5.74) is 0.344. The monoisotopic (exact) mass is 308 g/mol. The van der Waals surface area contributed by atoms with E-state index in [-0.39, 0.29) is 62.5 Å². The molecule has 0 aliphatic rings. The molecule has 6 heteroatoms. The Balaban J connectivity index is 0.00000220. The Bertz CT molecular complexity index is 667. The van der Waals surface area contributed by atoms with Crippen molar-refractivity contribution >= 4 is 17.9 Å². The van der Waals surface area contributed by atoms with Crippen molar-refractivity contribution in [3.8, 4) is 0 Å². The van der Waals surface area contributed by atoms with Crippen molar-refractivity contribution in [1.82, 2.24) is 0 Å². The number of hydrogen-bond donors (Lipinski definition) is 0. The van der Waals surface area contributed by atoms with Gasteiger partial charge >= 0.3 is 51.4 Å². The largest absolute Gasteiger partial charge is 1.00 e. The molecule has 0 amide bonds. The maximum Gasteiger partial charge on any atom is 1.00 e. The normalized spacial score (nSPS) is 9.33. The van der Waals surface area contributed by atoms with Gasteiger partial charge in [0.25, 0.3) is 12.1 Å². The second-order valence-corrected chi connectivity index (χ2v) is 3.88. The summed E-state index contributed by atoms with van der Waals surface area (Å²) in [5, 5.41) is 10.3. The predicted octanol–water partition coefficient (Wildman–Crippen LogP) is -1.58. The van der Waals surface area contributed by atoms with Crippen LogP contribution in [-0.2, 0) is 4.74 Å². The molecule has 0 bridgehead atoms. The van der Waals surface area contributed by atoms with E-state index in [1.807, 2.05) is 0 Å². The Kier molecular flexibility index (Phi) is 6.93. The van der Waals surface area contributed by atoms with E-state index < -0.39 is 17.9 Å². The number of rotatable bonds is 3. The van der Waals surface area contributed by atoms with Gasteiger partial charge in [0.05, 0.1) is 5.56 Å². The molecule has 0 aliphatic heterocycles. The van der Waals surface area contributed by atoms with Crippen LogP contribution < -0.4 is 56.5 Å². The first kappa shape index (κ1) is 17.7. The molecular formula is C15H9KO5. The average Bonchev–Trinajstić information content (AvgIpc) is 2.46. The maximum absolute atomic E-state index is 12.3. The van der Waals surface area contributed by atoms with Gasteiger partial charge < -0.3 is 14.6 Å². The zero-order valence-electron chi connectivity index (χ0n) is 11.2. The van der Waals surface area contributed by atoms with Crippen LogP contribution in [0, 0.1) is 0 Å².